The van der Waals surface area contributed by atoms with Crippen molar-refractivity contribution in [3.05, 3.63) is 41.0 Å². The molecule has 0 bridgehead atoms. The number of hydrogen-bond acceptors (Lipinski definition) is 5. The fraction of sp³-hybridized carbons (Fsp3) is 0.450. The van der Waals surface area contributed by atoms with Crippen molar-refractivity contribution < 1.29 is 54.6 Å². The van der Waals surface area contributed by atoms with Gasteiger partial charge in [0.15, 0.2) is 23.3 Å². The van der Waals surface area contributed by atoms with Crippen molar-refractivity contribution in [1.29, 1.82) is 0 Å². The van der Waals surface area contributed by atoms with Gasteiger partial charge in [0.2, 0.25) is 5.91 Å². The molecule has 2 N–H and O–H groups in total. The molecule has 190 valence electrons. The van der Waals surface area contributed by atoms with E-state index >= 15 is 0 Å². The number of ether oxygens (including phenoxy) is 2. The Kier molecular flexibility index (Phi) is 9.46. The van der Waals surface area contributed by atoms with Crippen LogP contribution in [0.25, 0.3) is 0 Å². The lowest BCUT2D eigenvalue weighted by Gasteiger charge is -2.23. The van der Waals surface area contributed by atoms with E-state index in [0.717, 1.165) is 12.2 Å². The molecule has 0 spiro atoms. The number of halogens is 7. The summed E-state index contributed by atoms with van der Waals surface area (Å²) in [5, 5.41) is 3.43. The maximum atomic E-state index is 14.1. The zero-order valence-electron chi connectivity index (χ0n) is 18.3. The summed E-state index contributed by atoms with van der Waals surface area (Å²) < 4.78 is 104. The number of carbonyl (C=O) groups excluding carboxylic acids is 3. The molecule has 0 saturated heterocycles. The first-order valence-electron chi connectivity index (χ1n) is 9.56. The molecule has 0 unspecified atom stereocenters. The summed E-state index contributed by atoms with van der Waals surface area (Å²) in [7, 11) is 0. The van der Waals surface area contributed by atoms with E-state index in [1.165, 1.54) is 33.0 Å². The average molecular weight is 502 g/mol. The molecule has 0 aromatic heterocycles. The molecule has 0 fully saturated rings. The van der Waals surface area contributed by atoms with Crippen molar-refractivity contribution in [3.8, 4) is 0 Å². The van der Waals surface area contributed by atoms with Crippen LogP contribution in [0, 0.1) is 23.3 Å². The topological polar surface area (TPSA) is 93.7 Å². The highest BCUT2D eigenvalue weighted by atomic mass is 19.4. The van der Waals surface area contributed by atoms with Gasteiger partial charge in [-0.2, -0.15) is 13.2 Å². The third-order valence-corrected chi connectivity index (χ3v) is 3.71. The fourth-order valence-electron chi connectivity index (χ4n) is 2.37. The first-order chi connectivity index (χ1) is 15.5. The summed E-state index contributed by atoms with van der Waals surface area (Å²) in [5.74, 6) is -12.9. The van der Waals surface area contributed by atoms with Crippen LogP contribution in [-0.4, -0.2) is 36.2 Å². The molecule has 0 aliphatic rings. The molecule has 14 heteroatoms. The number of rotatable bonds is 7. The molecule has 2 amide bonds. The molecular weight excluding hydrogens is 481 g/mol. The number of carbonyl (C=O) groups is 3. The third kappa shape index (κ3) is 7.92. The summed E-state index contributed by atoms with van der Waals surface area (Å²) in [6, 6.07) is -1.74. The summed E-state index contributed by atoms with van der Waals surface area (Å²) in [6.45, 7) is 5.95. The molecule has 7 nitrogen and oxygen atoms in total. The van der Waals surface area contributed by atoms with Crippen molar-refractivity contribution in [2.45, 2.75) is 51.9 Å². The normalized spacial score (nSPS) is 12.9. The lowest BCUT2D eigenvalue weighted by molar-refractivity contribution is -0.143. The van der Waals surface area contributed by atoms with Crippen molar-refractivity contribution in [2.75, 3.05) is 11.9 Å². The van der Waals surface area contributed by atoms with Crippen LogP contribution < -0.4 is 10.6 Å². The second-order valence-corrected chi connectivity index (χ2v) is 7.58. The predicted octanol–water partition coefficient (Wildman–Crippen LogP) is 4.60. The molecule has 1 aromatic rings. The molecule has 34 heavy (non-hydrogen) atoms. The zero-order valence-corrected chi connectivity index (χ0v) is 18.3. The van der Waals surface area contributed by atoms with E-state index in [1.54, 1.807) is 0 Å². The number of esters is 1. The highest BCUT2D eigenvalue weighted by Crippen LogP contribution is 2.38. The Labute approximate surface area is 189 Å². The molecule has 0 saturated carbocycles. The van der Waals surface area contributed by atoms with Crippen LogP contribution in [0.1, 0.15) is 39.7 Å². The van der Waals surface area contributed by atoms with Gasteiger partial charge >= 0.3 is 18.2 Å². The van der Waals surface area contributed by atoms with E-state index in [-0.39, 0.29) is 6.61 Å². The summed E-state index contributed by atoms with van der Waals surface area (Å²) in [4.78, 5) is 35.9. The minimum atomic E-state index is -5.77. The second-order valence-electron chi connectivity index (χ2n) is 7.58. The Morgan fingerprint density at radius 2 is 1.50 bits per heavy atom. The molecule has 0 heterocycles. The first kappa shape index (κ1) is 28.7. The van der Waals surface area contributed by atoms with Gasteiger partial charge in [0, 0.05) is 6.08 Å². The SMILES string of the molecule is CCOC(=O)/C=C/C[C@H](NC(=O)OC(C)(C)C)C(=O)Nc1c(F)c(F)c(C(F)(F)F)c(F)c1F. The van der Waals surface area contributed by atoms with Crippen LogP contribution in [-0.2, 0) is 25.2 Å². The largest absolute Gasteiger partial charge is 0.463 e. The van der Waals surface area contributed by atoms with Gasteiger partial charge in [-0.15, -0.1) is 0 Å². The number of benzene rings is 1. The predicted molar refractivity (Wildman–Crippen MR) is 103 cm³/mol. The summed E-state index contributed by atoms with van der Waals surface area (Å²) in [5.41, 5.74) is -5.70. The highest BCUT2D eigenvalue weighted by Gasteiger charge is 2.42. The van der Waals surface area contributed by atoms with Gasteiger partial charge in [0.1, 0.15) is 22.9 Å². The maximum absolute atomic E-state index is 14.1. The van der Waals surface area contributed by atoms with Gasteiger partial charge in [-0.3, -0.25) is 4.79 Å². The van der Waals surface area contributed by atoms with Crippen LogP contribution in [0.15, 0.2) is 12.2 Å². The molecule has 0 aliphatic carbocycles. The van der Waals surface area contributed by atoms with Gasteiger partial charge < -0.3 is 20.1 Å². The van der Waals surface area contributed by atoms with E-state index in [1.807, 2.05) is 5.32 Å². The van der Waals surface area contributed by atoms with E-state index in [4.69, 9.17) is 4.74 Å². The fourth-order valence-corrected chi connectivity index (χ4v) is 2.37. The number of alkyl carbamates (subject to hydrolysis) is 1. The standard InChI is InChI=1S/C20H21F7N2O5/c1-5-33-10(30)8-6-7-9(28-18(32)34-19(2,3)4)17(31)29-16-14(23)12(21)11(20(25,26)27)13(22)15(16)24/h6,8-9H,5,7H2,1-4H3,(H,28,32)(H,29,31)/b8-6+/t9-/m0/s1. The van der Waals surface area contributed by atoms with Gasteiger partial charge in [0.25, 0.3) is 0 Å². The molecule has 0 radical (unpaired) electrons. The molecule has 1 aromatic carbocycles. The van der Waals surface area contributed by atoms with Crippen LogP contribution in [0.3, 0.4) is 0 Å². The monoisotopic (exact) mass is 502 g/mol. The number of nitrogens with one attached hydrogen (secondary N) is 2. The first-order valence-corrected chi connectivity index (χ1v) is 9.56. The van der Waals surface area contributed by atoms with Crippen molar-refractivity contribution >= 4 is 23.7 Å². The van der Waals surface area contributed by atoms with Crippen LogP contribution >= 0.6 is 0 Å². The van der Waals surface area contributed by atoms with Gasteiger partial charge in [-0.1, -0.05) is 6.08 Å². The molecular formula is C20H21F7N2O5. The Bertz CT molecular complexity index is 943. The van der Waals surface area contributed by atoms with Crippen LogP contribution in [0.2, 0.25) is 0 Å². The molecule has 0 aliphatic heterocycles. The Balaban J connectivity index is 3.27. The maximum Gasteiger partial charge on any atom is 0.422 e. The van der Waals surface area contributed by atoms with E-state index in [0.29, 0.717) is 0 Å². The van der Waals surface area contributed by atoms with Gasteiger partial charge in [-0.05, 0) is 34.1 Å². The van der Waals surface area contributed by atoms with Gasteiger partial charge in [0.05, 0.1) is 6.61 Å². The van der Waals surface area contributed by atoms with E-state index < -0.39 is 76.7 Å². The third-order valence-electron chi connectivity index (χ3n) is 3.71. The second kappa shape index (κ2) is 11.2. The molecule has 1 rings (SSSR count). The number of amides is 2. The van der Waals surface area contributed by atoms with Crippen molar-refractivity contribution in [3.63, 3.8) is 0 Å². The smallest absolute Gasteiger partial charge is 0.422 e. The lowest BCUT2D eigenvalue weighted by Crippen LogP contribution is -2.45. The summed E-state index contributed by atoms with van der Waals surface area (Å²) >= 11 is 0. The average Bonchev–Trinajstić information content (AvgIpc) is 2.66. The van der Waals surface area contributed by atoms with Crippen LogP contribution in [0.5, 0.6) is 0 Å². The number of anilines is 1. The minimum absolute atomic E-state index is 0.0207. The Hall–Kier alpha value is -3.32. The minimum Gasteiger partial charge on any atom is -0.463 e. The number of hydrogen-bond donors (Lipinski definition) is 2. The highest BCUT2D eigenvalue weighted by molar-refractivity contribution is 5.97. The Morgan fingerprint density at radius 3 is 1.94 bits per heavy atom. The lowest BCUT2D eigenvalue weighted by atomic mass is 10.1. The zero-order chi connectivity index (χ0) is 26.4. The van der Waals surface area contributed by atoms with Crippen LogP contribution in [0.4, 0.5) is 41.2 Å². The summed E-state index contributed by atoms with van der Waals surface area (Å²) in [6.07, 6.45) is -5.59. The van der Waals surface area contributed by atoms with E-state index in [2.05, 4.69) is 4.74 Å². The van der Waals surface area contributed by atoms with Gasteiger partial charge in [-0.25, -0.2) is 27.2 Å². The van der Waals surface area contributed by atoms with E-state index in [9.17, 15) is 45.1 Å². The number of alkyl halides is 3. The van der Waals surface area contributed by atoms with Crippen molar-refractivity contribution in [1.82, 2.24) is 5.32 Å². The quantitative estimate of drug-likeness (QED) is 0.246. The van der Waals surface area contributed by atoms with Crippen molar-refractivity contribution in [2.24, 2.45) is 0 Å². The Morgan fingerprint density at radius 1 is 0.971 bits per heavy atom. The molecule has 1 atom stereocenters.